The van der Waals surface area contributed by atoms with E-state index in [1.807, 2.05) is 0 Å². The monoisotopic (exact) mass is 196 g/mol. The first-order chi connectivity index (χ1) is 6.83. The van der Waals surface area contributed by atoms with E-state index in [1.54, 1.807) is 0 Å². The SMILES string of the molecule is C=CCOC(=O)OCC1CC=CCC1. The van der Waals surface area contributed by atoms with Crippen molar-refractivity contribution in [2.45, 2.75) is 19.3 Å². The predicted molar refractivity (Wildman–Crippen MR) is 54.0 cm³/mol. The fraction of sp³-hybridized carbons (Fsp3) is 0.545. The first kappa shape index (κ1) is 10.8. The summed E-state index contributed by atoms with van der Waals surface area (Å²) in [5.41, 5.74) is 0. The minimum Gasteiger partial charge on any atom is -0.434 e. The molecular formula is C11H16O3. The lowest BCUT2D eigenvalue weighted by Gasteiger charge is -2.16. The summed E-state index contributed by atoms with van der Waals surface area (Å²) in [6.07, 6.45) is 8.37. The van der Waals surface area contributed by atoms with E-state index in [0.29, 0.717) is 12.5 Å². The summed E-state index contributed by atoms with van der Waals surface area (Å²) in [5, 5.41) is 0. The summed E-state index contributed by atoms with van der Waals surface area (Å²) in [4.78, 5) is 10.9. The van der Waals surface area contributed by atoms with Crippen LogP contribution < -0.4 is 0 Å². The van der Waals surface area contributed by atoms with Gasteiger partial charge in [0.15, 0.2) is 0 Å². The van der Waals surface area contributed by atoms with Gasteiger partial charge in [-0.2, -0.15) is 0 Å². The number of carbonyl (C=O) groups excluding carboxylic acids is 1. The average Bonchev–Trinajstić information content (AvgIpc) is 2.25. The second-order valence-electron chi connectivity index (χ2n) is 3.31. The van der Waals surface area contributed by atoms with Gasteiger partial charge in [0, 0.05) is 0 Å². The number of carbonyl (C=O) groups is 1. The van der Waals surface area contributed by atoms with Gasteiger partial charge in [-0.25, -0.2) is 4.79 Å². The largest absolute Gasteiger partial charge is 0.508 e. The van der Waals surface area contributed by atoms with Gasteiger partial charge >= 0.3 is 6.16 Å². The smallest absolute Gasteiger partial charge is 0.434 e. The maximum Gasteiger partial charge on any atom is 0.508 e. The summed E-state index contributed by atoms with van der Waals surface area (Å²) in [6, 6.07) is 0. The molecule has 0 saturated carbocycles. The van der Waals surface area contributed by atoms with Gasteiger partial charge in [-0.05, 0) is 25.2 Å². The van der Waals surface area contributed by atoms with Gasteiger partial charge < -0.3 is 9.47 Å². The molecule has 1 atom stereocenters. The molecule has 1 unspecified atom stereocenters. The van der Waals surface area contributed by atoms with Crippen LogP contribution in [0.15, 0.2) is 24.8 Å². The number of allylic oxidation sites excluding steroid dienone is 2. The zero-order valence-electron chi connectivity index (χ0n) is 8.28. The molecule has 0 fully saturated rings. The van der Waals surface area contributed by atoms with Crippen molar-refractivity contribution in [1.29, 1.82) is 0 Å². The summed E-state index contributed by atoms with van der Waals surface area (Å²) in [7, 11) is 0. The number of hydrogen-bond donors (Lipinski definition) is 0. The third-order valence-corrected chi connectivity index (χ3v) is 2.13. The molecule has 1 aliphatic rings. The van der Waals surface area contributed by atoms with Gasteiger partial charge in [0.25, 0.3) is 0 Å². The second kappa shape index (κ2) is 6.24. The van der Waals surface area contributed by atoms with Gasteiger partial charge in [0.2, 0.25) is 0 Å². The van der Waals surface area contributed by atoms with Crippen LogP contribution in [0.3, 0.4) is 0 Å². The van der Waals surface area contributed by atoms with Crippen molar-refractivity contribution < 1.29 is 14.3 Å². The van der Waals surface area contributed by atoms with Crippen LogP contribution in [-0.4, -0.2) is 19.4 Å². The highest BCUT2D eigenvalue weighted by molar-refractivity contribution is 5.59. The Kier molecular flexibility index (Phi) is 4.83. The molecular weight excluding hydrogens is 180 g/mol. The van der Waals surface area contributed by atoms with Crippen LogP contribution in [0.5, 0.6) is 0 Å². The maximum absolute atomic E-state index is 10.9. The van der Waals surface area contributed by atoms with Crippen LogP contribution in [0.1, 0.15) is 19.3 Å². The van der Waals surface area contributed by atoms with Gasteiger partial charge in [0.05, 0.1) is 6.61 Å². The second-order valence-corrected chi connectivity index (χ2v) is 3.31. The molecule has 14 heavy (non-hydrogen) atoms. The zero-order valence-corrected chi connectivity index (χ0v) is 8.28. The van der Waals surface area contributed by atoms with Crippen LogP contribution in [-0.2, 0) is 9.47 Å². The molecule has 1 aliphatic carbocycles. The fourth-order valence-electron chi connectivity index (χ4n) is 1.36. The van der Waals surface area contributed by atoms with E-state index in [1.165, 1.54) is 6.08 Å². The zero-order chi connectivity index (χ0) is 10.2. The number of rotatable bonds is 4. The third-order valence-electron chi connectivity index (χ3n) is 2.13. The van der Waals surface area contributed by atoms with E-state index in [-0.39, 0.29) is 6.61 Å². The highest BCUT2D eigenvalue weighted by Gasteiger charge is 2.12. The van der Waals surface area contributed by atoms with Crippen molar-refractivity contribution in [3.8, 4) is 0 Å². The first-order valence-corrected chi connectivity index (χ1v) is 4.88. The Morgan fingerprint density at radius 3 is 3.00 bits per heavy atom. The predicted octanol–water partition coefficient (Wildman–Crippen LogP) is 2.68. The molecule has 0 bridgehead atoms. The lowest BCUT2D eigenvalue weighted by atomic mass is 9.95. The van der Waals surface area contributed by atoms with Crippen LogP contribution in [0.2, 0.25) is 0 Å². The molecule has 3 heteroatoms. The summed E-state index contributed by atoms with van der Waals surface area (Å²) < 4.78 is 9.63. The Morgan fingerprint density at radius 2 is 2.36 bits per heavy atom. The van der Waals surface area contributed by atoms with Gasteiger partial charge in [-0.3, -0.25) is 0 Å². The molecule has 0 saturated heterocycles. The molecule has 1 rings (SSSR count). The lowest BCUT2D eigenvalue weighted by Crippen LogP contribution is -2.16. The highest BCUT2D eigenvalue weighted by atomic mass is 16.7. The van der Waals surface area contributed by atoms with E-state index in [4.69, 9.17) is 4.74 Å². The van der Waals surface area contributed by atoms with E-state index in [2.05, 4.69) is 23.5 Å². The van der Waals surface area contributed by atoms with E-state index < -0.39 is 6.16 Å². The van der Waals surface area contributed by atoms with Crippen LogP contribution in [0.25, 0.3) is 0 Å². The van der Waals surface area contributed by atoms with Crippen molar-refractivity contribution in [2.24, 2.45) is 5.92 Å². The lowest BCUT2D eigenvalue weighted by molar-refractivity contribution is 0.0503. The van der Waals surface area contributed by atoms with Crippen molar-refractivity contribution in [3.05, 3.63) is 24.8 Å². The van der Waals surface area contributed by atoms with Crippen molar-refractivity contribution in [3.63, 3.8) is 0 Å². The summed E-state index contributed by atoms with van der Waals surface area (Å²) in [6.45, 7) is 4.11. The first-order valence-electron chi connectivity index (χ1n) is 4.88. The number of hydrogen-bond acceptors (Lipinski definition) is 3. The summed E-state index contributed by atoms with van der Waals surface area (Å²) >= 11 is 0. The van der Waals surface area contributed by atoms with Gasteiger partial charge in [-0.1, -0.05) is 24.8 Å². The molecule has 3 nitrogen and oxygen atoms in total. The molecule has 0 spiro atoms. The molecule has 0 aliphatic heterocycles. The van der Waals surface area contributed by atoms with Gasteiger partial charge in [-0.15, -0.1) is 0 Å². The normalized spacial score (nSPS) is 20.1. The standard InChI is InChI=1S/C11H16O3/c1-2-8-13-11(12)14-9-10-6-4-3-5-7-10/h2-4,10H,1,5-9H2. The van der Waals surface area contributed by atoms with Crippen molar-refractivity contribution in [1.82, 2.24) is 0 Å². The van der Waals surface area contributed by atoms with E-state index in [0.717, 1.165) is 19.3 Å². The number of ether oxygens (including phenoxy) is 2. The van der Waals surface area contributed by atoms with Crippen LogP contribution >= 0.6 is 0 Å². The Balaban J connectivity index is 2.09. The third kappa shape index (κ3) is 4.12. The molecule has 0 aromatic carbocycles. The van der Waals surface area contributed by atoms with E-state index >= 15 is 0 Å². The topological polar surface area (TPSA) is 35.5 Å². The highest BCUT2D eigenvalue weighted by Crippen LogP contribution is 2.18. The van der Waals surface area contributed by atoms with Crippen LogP contribution in [0.4, 0.5) is 4.79 Å². The van der Waals surface area contributed by atoms with Gasteiger partial charge in [0.1, 0.15) is 6.61 Å². The Bertz CT molecular complexity index is 221. The summed E-state index contributed by atoms with van der Waals surface area (Å²) in [5.74, 6) is 0.455. The van der Waals surface area contributed by atoms with Crippen molar-refractivity contribution >= 4 is 6.16 Å². The Morgan fingerprint density at radius 1 is 1.50 bits per heavy atom. The molecule has 0 aromatic rings. The maximum atomic E-state index is 10.9. The minimum absolute atomic E-state index is 0.212. The molecule has 0 aromatic heterocycles. The quantitative estimate of drug-likeness (QED) is 0.512. The minimum atomic E-state index is -0.598. The molecule has 78 valence electrons. The van der Waals surface area contributed by atoms with Crippen LogP contribution in [0, 0.1) is 5.92 Å². The Labute approximate surface area is 84.4 Å². The molecule has 0 amide bonds. The Hall–Kier alpha value is -1.25. The molecule has 0 radical (unpaired) electrons. The van der Waals surface area contributed by atoms with E-state index in [9.17, 15) is 4.79 Å². The molecule has 0 N–H and O–H groups in total. The van der Waals surface area contributed by atoms with Crippen molar-refractivity contribution in [2.75, 3.05) is 13.2 Å². The fourth-order valence-corrected chi connectivity index (χ4v) is 1.36. The average molecular weight is 196 g/mol. The molecule has 0 heterocycles.